The number of aryl methyl sites for hydroxylation is 1. The molecule has 1 unspecified atom stereocenters. The van der Waals surface area contributed by atoms with Crippen LogP contribution in [-0.2, 0) is 6.42 Å². The van der Waals surface area contributed by atoms with E-state index in [-0.39, 0.29) is 0 Å². The predicted octanol–water partition coefficient (Wildman–Crippen LogP) is 2.37. The van der Waals surface area contributed by atoms with E-state index in [1.54, 1.807) is 0 Å². The van der Waals surface area contributed by atoms with E-state index in [0.717, 1.165) is 50.7 Å². The highest BCUT2D eigenvalue weighted by atomic mass is 16.5. The van der Waals surface area contributed by atoms with E-state index >= 15 is 0 Å². The van der Waals surface area contributed by atoms with Crippen LogP contribution in [0.2, 0.25) is 0 Å². The number of piperidine rings is 1. The first-order valence-electron chi connectivity index (χ1n) is 7.61. The Morgan fingerprint density at radius 3 is 2.74 bits per heavy atom. The number of nitrogens with zero attached hydrogens (tertiary/aromatic N) is 3. The first kappa shape index (κ1) is 14.3. The van der Waals surface area contributed by atoms with Crippen molar-refractivity contribution in [3.63, 3.8) is 0 Å². The van der Waals surface area contributed by atoms with Gasteiger partial charge in [0.25, 0.3) is 5.95 Å². The van der Waals surface area contributed by atoms with Gasteiger partial charge in [0.2, 0.25) is 5.89 Å². The van der Waals surface area contributed by atoms with Crippen LogP contribution in [0.5, 0.6) is 0 Å². The van der Waals surface area contributed by atoms with Crippen molar-refractivity contribution in [2.75, 3.05) is 24.5 Å². The first-order chi connectivity index (χ1) is 9.33. The molecule has 1 atom stereocenters. The molecule has 2 N–H and O–H groups in total. The zero-order valence-corrected chi connectivity index (χ0v) is 12.0. The molecule has 1 fully saturated rings. The molecule has 0 saturated carbocycles. The molecule has 1 aromatic heterocycles. The summed E-state index contributed by atoms with van der Waals surface area (Å²) in [5, 5.41) is 4.10. The summed E-state index contributed by atoms with van der Waals surface area (Å²) in [5.41, 5.74) is 5.62. The first-order valence-corrected chi connectivity index (χ1v) is 7.61. The summed E-state index contributed by atoms with van der Waals surface area (Å²) in [6.45, 7) is 5.10. The van der Waals surface area contributed by atoms with Crippen molar-refractivity contribution in [1.29, 1.82) is 0 Å². The van der Waals surface area contributed by atoms with Crippen molar-refractivity contribution in [2.45, 2.75) is 51.9 Å². The molecule has 2 heterocycles. The fourth-order valence-electron chi connectivity index (χ4n) is 2.69. The fraction of sp³-hybridized carbons (Fsp3) is 0.857. The number of nitrogens with two attached hydrogens (primary N) is 1. The van der Waals surface area contributed by atoms with Gasteiger partial charge in [0, 0.05) is 19.5 Å². The Balaban J connectivity index is 1.82. The van der Waals surface area contributed by atoms with Gasteiger partial charge in [-0.2, -0.15) is 4.98 Å². The molecule has 0 amide bonds. The largest absolute Gasteiger partial charge is 0.338 e. The van der Waals surface area contributed by atoms with Gasteiger partial charge in [-0.25, -0.2) is 0 Å². The third-order valence-electron chi connectivity index (χ3n) is 4.01. The molecule has 1 aliphatic rings. The number of anilines is 1. The lowest BCUT2D eigenvalue weighted by Crippen LogP contribution is -2.30. The van der Waals surface area contributed by atoms with Gasteiger partial charge in [-0.15, -0.1) is 0 Å². The minimum absolute atomic E-state index is 0.676. The third-order valence-corrected chi connectivity index (χ3v) is 4.01. The lowest BCUT2D eigenvalue weighted by molar-refractivity contribution is 0.353. The molecule has 1 aliphatic heterocycles. The summed E-state index contributed by atoms with van der Waals surface area (Å²) in [6.07, 6.45) is 8.01. The Kier molecular flexibility index (Phi) is 5.63. The van der Waals surface area contributed by atoms with Crippen LogP contribution in [0.25, 0.3) is 0 Å². The zero-order chi connectivity index (χ0) is 13.5. The molecule has 108 valence electrons. The van der Waals surface area contributed by atoms with Crippen molar-refractivity contribution in [2.24, 2.45) is 11.7 Å². The van der Waals surface area contributed by atoms with Gasteiger partial charge in [-0.05, 0) is 49.7 Å². The van der Waals surface area contributed by atoms with Gasteiger partial charge >= 0.3 is 0 Å². The van der Waals surface area contributed by atoms with Crippen LogP contribution >= 0.6 is 0 Å². The average Bonchev–Trinajstić information content (AvgIpc) is 2.93. The highest BCUT2D eigenvalue weighted by molar-refractivity contribution is 5.27. The van der Waals surface area contributed by atoms with Crippen LogP contribution in [0.4, 0.5) is 5.95 Å². The average molecular weight is 266 g/mol. The van der Waals surface area contributed by atoms with E-state index in [1.807, 2.05) is 0 Å². The van der Waals surface area contributed by atoms with Gasteiger partial charge in [0.05, 0.1) is 0 Å². The van der Waals surface area contributed by atoms with Crippen LogP contribution in [0.1, 0.15) is 51.3 Å². The van der Waals surface area contributed by atoms with Crippen LogP contribution in [-0.4, -0.2) is 29.8 Å². The summed E-state index contributed by atoms with van der Waals surface area (Å²) in [5.74, 6) is 2.23. The fourth-order valence-corrected chi connectivity index (χ4v) is 2.69. The summed E-state index contributed by atoms with van der Waals surface area (Å²) in [7, 11) is 0. The molecular weight excluding hydrogens is 240 g/mol. The second kappa shape index (κ2) is 7.48. The van der Waals surface area contributed by atoms with E-state index in [0.29, 0.717) is 5.92 Å². The number of aromatic nitrogens is 2. The number of hydrogen-bond acceptors (Lipinski definition) is 5. The Hall–Kier alpha value is -1.10. The molecule has 2 rings (SSSR count). The second-order valence-corrected chi connectivity index (χ2v) is 5.43. The van der Waals surface area contributed by atoms with E-state index in [4.69, 9.17) is 10.3 Å². The number of rotatable bonds is 7. The van der Waals surface area contributed by atoms with E-state index < -0.39 is 0 Å². The van der Waals surface area contributed by atoms with Gasteiger partial charge in [0.15, 0.2) is 0 Å². The van der Waals surface area contributed by atoms with Gasteiger partial charge in [-0.3, -0.25) is 0 Å². The van der Waals surface area contributed by atoms with Crippen LogP contribution in [0, 0.1) is 5.92 Å². The van der Waals surface area contributed by atoms with Gasteiger partial charge in [0.1, 0.15) is 0 Å². The monoisotopic (exact) mass is 266 g/mol. The second-order valence-electron chi connectivity index (χ2n) is 5.43. The van der Waals surface area contributed by atoms with Crippen LogP contribution in [0.3, 0.4) is 0 Å². The van der Waals surface area contributed by atoms with Crippen LogP contribution < -0.4 is 10.6 Å². The Morgan fingerprint density at radius 2 is 2.05 bits per heavy atom. The highest BCUT2D eigenvalue weighted by Gasteiger charge is 2.17. The Bertz CT molecular complexity index is 360. The van der Waals surface area contributed by atoms with Gasteiger partial charge in [-0.1, -0.05) is 13.3 Å². The quantitative estimate of drug-likeness (QED) is 0.820. The molecule has 0 aromatic carbocycles. The van der Waals surface area contributed by atoms with Crippen molar-refractivity contribution >= 4 is 5.95 Å². The smallest absolute Gasteiger partial charge is 0.266 e. The summed E-state index contributed by atoms with van der Waals surface area (Å²) in [6, 6.07) is 0. The van der Waals surface area contributed by atoms with E-state index in [2.05, 4.69) is 22.0 Å². The maximum atomic E-state index is 5.62. The van der Waals surface area contributed by atoms with Crippen LogP contribution in [0.15, 0.2) is 4.52 Å². The third kappa shape index (κ3) is 4.20. The molecule has 0 bridgehead atoms. The Morgan fingerprint density at radius 1 is 1.26 bits per heavy atom. The molecule has 0 radical (unpaired) electrons. The molecule has 1 aromatic rings. The molecule has 5 nitrogen and oxygen atoms in total. The van der Waals surface area contributed by atoms with Gasteiger partial charge < -0.3 is 15.2 Å². The summed E-state index contributed by atoms with van der Waals surface area (Å²) in [4.78, 5) is 6.75. The predicted molar refractivity (Wildman–Crippen MR) is 76.1 cm³/mol. The molecule has 19 heavy (non-hydrogen) atoms. The minimum Gasteiger partial charge on any atom is -0.338 e. The van der Waals surface area contributed by atoms with Crippen molar-refractivity contribution in [3.05, 3.63) is 5.89 Å². The van der Waals surface area contributed by atoms with Crippen molar-refractivity contribution in [3.8, 4) is 0 Å². The topological polar surface area (TPSA) is 68.2 Å². The van der Waals surface area contributed by atoms with Crippen molar-refractivity contribution < 1.29 is 4.52 Å². The summed E-state index contributed by atoms with van der Waals surface area (Å²) < 4.78 is 5.36. The molecule has 0 spiro atoms. The lowest BCUT2D eigenvalue weighted by atomic mass is 9.97. The maximum Gasteiger partial charge on any atom is 0.266 e. The maximum absolute atomic E-state index is 5.62. The summed E-state index contributed by atoms with van der Waals surface area (Å²) >= 11 is 0. The molecule has 5 heteroatoms. The van der Waals surface area contributed by atoms with E-state index in [9.17, 15) is 0 Å². The lowest BCUT2D eigenvalue weighted by Gasteiger charge is -2.24. The normalized spacial score (nSPS) is 17.7. The highest BCUT2D eigenvalue weighted by Crippen LogP contribution is 2.19. The molecule has 1 saturated heterocycles. The molecular formula is C14H26N4O. The molecule has 0 aliphatic carbocycles. The zero-order valence-electron chi connectivity index (χ0n) is 12.0. The standard InChI is InChI=1S/C14H26N4O/c1-2-12(8-9-15)6-7-13-16-14(17-19-13)18-10-4-3-5-11-18/h12H,2-11,15H2,1H3. The van der Waals surface area contributed by atoms with E-state index in [1.165, 1.54) is 25.7 Å². The SMILES string of the molecule is CCC(CCN)CCc1nc(N2CCCCC2)no1. The Labute approximate surface area is 115 Å². The minimum atomic E-state index is 0.676. The van der Waals surface area contributed by atoms with Crippen molar-refractivity contribution in [1.82, 2.24) is 10.1 Å². The number of hydrogen-bond donors (Lipinski definition) is 1.